The van der Waals surface area contributed by atoms with Gasteiger partial charge in [0.05, 0.1) is 28.9 Å². The van der Waals surface area contributed by atoms with E-state index in [4.69, 9.17) is 10.5 Å². The van der Waals surface area contributed by atoms with Gasteiger partial charge >= 0.3 is 12.1 Å². The summed E-state index contributed by atoms with van der Waals surface area (Å²) in [6, 6.07) is 21.5. The zero-order valence-corrected chi connectivity index (χ0v) is 29.7. The molecule has 0 unspecified atom stereocenters. The summed E-state index contributed by atoms with van der Waals surface area (Å²) in [5.41, 5.74) is 1.40. The quantitative estimate of drug-likeness (QED) is 0.101. The van der Waals surface area contributed by atoms with Gasteiger partial charge in [-0.05, 0) is 55.2 Å². The molecular weight excluding hydrogens is 710 g/mol. The van der Waals surface area contributed by atoms with E-state index in [1.165, 1.54) is 31.1 Å². The number of ether oxygens (including phenoxy) is 1. The first kappa shape index (κ1) is 36.6. The number of Topliss-reactive ketones (excluding diaryl/α,β-unsaturated/α-hetero) is 2. The second-order valence-corrected chi connectivity index (χ2v) is 14.0. The number of aliphatic hydroxyl groups is 3. The number of anilines is 3. The van der Waals surface area contributed by atoms with E-state index in [0.29, 0.717) is 11.4 Å². The minimum Gasteiger partial charge on any atom is -0.508 e. The third-order valence-corrected chi connectivity index (χ3v) is 10.7. The van der Waals surface area contributed by atoms with Crippen LogP contribution in [0.1, 0.15) is 24.0 Å². The Balaban J connectivity index is 1.34. The van der Waals surface area contributed by atoms with Gasteiger partial charge in [0.1, 0.15) is 28.9 Å². The molecule has 6 atom stereocenters. The summed E-state index contributed by atoms with van der Waals surface area (Å²) >= 11 is 0. The van der Waals surface area contributed by atoms with Crippen molar-refractivity contribution in [2.75, 3.05) is 30.0 Å². The molecule has 1 fully saturated rings. The highest BCUT2D eigenvalue weighted by molar-refractivity contribution is 6.24. The second-order valence-electron chi connectivity index (χ2n) is 14.0. The molecular formula is C40H37N5O10. The summed E-state index contributed by atoms with van der Waals surface area (Å²) in [5, 5.41) is 56.9. The summed E-state index contributed by atoms with van der Waals surface area (Å²) in [4.78, 5) is 69.1. The van der Waals surface area contributed by atoms with Gasteiger partial charge in [-0.15, -0.1) is 0 Å². The molecule has 0 saturated heterocycles. The lowest BCUT2D eigenvalue weighted by molar-refractivity contribution is -0.169. The van der Waals surface area contributed by atoms with Crippen LogP contribution in [0, 0.1) is 11.8 Å². The Kier molecular flexibility index (Phi) is 9.07. The number of amides is 4. The van der Waals surface area contributed by atoms with Crippen molar-refractivity contribution in [2.24, 2.45) is 17.6 Å². The predicted molar refractivity (Wildman–Crippen MR) is 201 cm³/mol. The molecule has 3 aliphatic carbocycles. The molecule has 15 nitrogen and oxygen atoms in total. The average Bonchev–Trinajstić information content (AvgIpc) is 3.14. The van der Waals surface area contributed by atoms with E-state index in [1.54, 1.807) is 49.4 Å². The van der Waals surface area contributed by atoms with Crippen molar-refractivity contribution < 1.29 is 49.1 Å². The molecule has 0 bridgehead atoms. The highest BCUT2D eigenvalue weighted by Gasteiger charge is 2.69. The van der Waals surface area contributed by atoms with Crippen molar-refractivity contribution in [3.63, 3.8) is 0 Å². The number of aromatic hydroxyl groups is 1. The molecule has 1 saturated carbocycles. The number of nitrogens with two attached hydrogens (primary N) is 1. The number of carbonyl (C=O) groups excluding carboxylic acids is 5. The molecule has 0 spiro atoms. The summed E-state index contributed by atoms with van der Waals surface area (Å²) in [6.45, 7) is 1.62. The molecule has 0 aromatic heterocycles. The maximum absolute atomic E-state index is 14.7. The lowest BCUT2D eigenvalue weighted by Gasteiger charge is -2.54. The highest BCUT2D eigenvalue weighted by Crippen LogP contribution is 2.57. The van der Waals surface area contributed by atoms with Crippen LogP contribution in [-0.2, 0) is 19.1 Å². The van der Waals surface area contributed by atoms with Crippen LogP contribution in [0.4, 0.5) is 26.7 Å². The number of hydrogen-bond acceptors (Lipinski definition) is 11. The van der Waals surface area contributed by atoms with Gasteiger partial charge in [-0.1, -0.05) is 67.6 Å². The number of nitrogens with one attached hydrogen (secondary N) is 3. The van der Waals surface area contributed by atoms with E-state index in [9.17, 15) is 44.4 Å². The molecule has 4 aromatic carbocycles. The normalized spacial score (nSPS) is 24.5. The lowest BCUT2D eigenvalue weighted by atomic mass is 9.54. The number of likely N-dealkylation sites (N-methyl/N-ethyl adjacent to an activating group) is 1. The minimum absolute atomic E-state index is 0.154. The third-order valence-electron chi connectivity index (χ3n) is 10.7. The van der Waals surface area contributed by atoms with Crippen LogP contribution in [0.15, 0.2) is 102 Å². The Labute approximate surface area is 313 Å². The largest absolute Gasteiger partial charge is 0.508 e. The van der Waals surface area contributed by atoms with Crippen molar-refractivity contribution in [3.8, 4) is 5.75 Å². The average molecular weight is 748 g/mol. The number of hydrogen-bond donors (Lipinski definition) is 8. The van der Waals surface area contributed by atoms with E-state index in [0.717, 1.165) is 10.8 Å². The van der Waals surface area contributed by atoms with E-state index >= 15 is 0 Å². The molecule has 4 aromatic rings. The topological polar surface area (TPSA) is 241 Å². The molecule has 0 heterocycles. The molecule has 0 aliphatic heterocycles. The van der Waals surface area contributed by atoms with Crippen molar-refractivity contribution in [3.05, 3.63) is 113 Å². The molecule has 4 amide bonds. The van der Waals surface area contributed by atoms with Gasteiger partial charge in [0.2, 0.25) is 5.78 Å². The minimum atomic E-state index is -3.13. The fourth-order valence-corrected chi connectivity index (χ4v) is 8.23. The van der Waals surface area contributed by atoms with Gasteiger partial charge in [0.25, 0.3) is 5.91 Å². The molecule has 9 N–H and O–H groups in total. The smallest absolute Gasteiger partial charge is 0.411 e. The van der Waals surface area contributed by atoms with Crippen LogP contribution in [0.3, 0.4) is 0 Å². The first-order chi connectivity index (χ1) is 26.2. The Morgan fingerprint density at radius 3 is 2.18 bits per heavy atom. The number of urea groups is 1. The number of aliphatic hydroxyl groups excluding tert-OH is 2. The third kappa shape index (κ3) is 5.80. The Hall–Kier alpha value is -6.71. The van der Waals surface area contributed by atoms with Gasteiger partial charge < -0.3 is 41.5 Å². The monoisotopic (exact) mass is 747 g/mol. The van der Waals surface area contributed by atoms with Crippen molar-refractivity contribution in [1.29, 1.82) is 0 Å². The fraction of sp³-hybridized carbons (Fsp3) is 0.225. The molecule has 55 heavy (non-hydrogen) atoms. The number of carbonyl (C=O) groups is 5. The fourth-order valence-electron chi connectivity index (χ4n) is 8.23. The molecule has 7 rings (SSSR count). The summed E-state index contributed by atoms with van der Waals surface area (Å²) in [7, 11) is 2.86. The van der Waals surface area contributed by atoms with E-state index in [-0.39, 0.29) is 16.8 Å². The Bertz CT molecular complexity index is 2370. The summed E-state index contributed by atoms with van der Waals surface area (Å²) in [5.74, 6) is -10.5. The predicted octanol–water partition coefficient (Wildman–Crippen LogP) is 4.55. The molecule has 0 radical (unpaired) electrons. The van der Waals surface area contributed by atoms with Crippen LogP contribution >= 0.6 is 0 Å². The van der Waals surface area contributed by atoms with Gasteiger partial charge in [-0.25, -0.2) is 9.59 Å². The number of rotatable bonds is 6. The van der Waals surface area contributed by atoms with Crippen molar-refractivity contribution in [2.45, 2.75) is 30.6 Å². The number of phenols is 1. The van der Waals surface area contributed by atoms with Gasteiger partial charge in [0.15, 0.2) is 11.4 Å². The molecule has 3 aliphatic rings. The zero-order valence-electron chi connectivity index (χ0n) is 29.7. The number of phenolic OH excluding ortho intramolecular Hbond substituents is 1. The Morgan fingerprint density at radius 2 is 1.49 bits per heavy atom. The van der Waals surface area contributed by atoms with Crippen LogP contribution in [-0.4, -0.2) is 86.8 Å². The molecule has 282 valence electrons. The number of primary amides is 1. The zero-order chi connectivity index (χ0) is 39.5. The summed E-state index contributed by atoms with van der Waals surface area (Å²) in [6.07, 6.45) is -2.69. The van der Waals surface area contributed by atoms with E-state index in [1.807, 2.05) is 30.3 Å². The second kappa shape index (κ2) is 13.6. The maximum atomic E-state index is 14.7. The van der Waals surface area contributed by atoms with Crippen molar-refractivity contribution >= 4 is 63.2 Å². The summed E-state index contributed by atoms with van der Waals surface area (Å²) < 4.78 is 5.98. The maximum Gasteiger partial charge on any atom is 0.411 e. The number of para-hydroxylation sites is 1. The van der Waals surface area contributed by atoms with Crippen LogP contribution in [0.2, 0.25) is 0 Å². The van der Waals surface area contributed by atoms with Gasteiger partial charge in [-0.3, -0.25) is 24.6 Å². The van der Waals surface area contributed by atoms with Gasteiger partial charge in [-0.2, -0.15) is 0 Å². The Morgan fingerprint density at radius 1 is 0.836 bits per heavy atom. The first-order valence-corrected chi connectivity index (χ1v) is 17.3. The SMILES string of the molecule is C[C@@H]1c2ccc(NC(=O)Nc3cccc4ccccc34)c(O)c2C(O)=C2C(=O)[C@]3(O)C(O)=C(C(N)=O)C(=O)[C@H](N(C)C)[C@H]3[C@H](OC(=O)Nc3ccccc3)[C@H]21. The number of nitrogens with zero attached hydrogens (tertiary/aromatic N) is 1. The van der Waals surface area contributed by atoms with Gasteiger partial charge in [0, 0.05) is 22.6 Å². The lowest BCUT2D eigenvalue weighted by Crippen LogP contribution is -2.71. The number of ketones is 2. The van der Waals surface area contributed by atoms with Crippen LogP contribution in [0.5, 0.6) is 5.75 Å². The first-order valence-electron chi connectivity index (χ1n) is 17.3. The molecule has 15 heteroatoms. The van der Waals surface area contributed by atoms with E-state index < -0.39 is 93.5 Å². The van der Waals surface area contributed by atoms with Crippen LogP contribution in [0.25, 0.3) is 16.5 Å². The number of benzene rings is 4. The highest BCUT2D eigenvalue weighted by atomic mass is 16.6. The van der Waals surface area contributed by atoms with Crippen molar-refractivity contribution in [1.82, 2.24) is 4.90 Å². The number of fused-ring (bicyclic) bond motifs is 4. The van der Waals surface area contributed by atoms with Crippen LogP contribution < -0.4 is 21.7 Å². The van der Waals surface area contributed by atoms with E-state index in [2.05, 4.69) is 16.0 Å². The standard InChI is InChI=1S/C40H37N5O10/c1-18-21-16-17-24(44-38(52)43-23-15-9-11-19-10-7-8-14-22(19)23)31(46)26(21)32(47)27-25(18)34(55-39(53)42-20-12-5-4-6-13-20)29-30(45(2)3)33(48)28(37(41)51)36(50)40(29,54)35(27)49/h4-18,25,29-30,34,46-47,50,54H,1-3H3,(H2,41,51)(H,42,53)(H2,43,44,52)/t18-,25+,29+,30-,34-,40+/m1/s1.